The molecule has 90 valence electrons. The first-order chi connectivity index (χ1) is 8.22. The topological polar surface area (TPSA) is 66.5 Å². The summed E-state index contributed by atoms with van der Waals surface area (Å²) < 4.78 is 0. The lowest BCUT2D eigenvalue weighted by Crippen LogP contribution is -2.20. The molecular formula is C12H17N5. The van der Waals surface area contributed by atoms with E-state index in [1.165, 1.54) is 16.7 Å². The predicted molar refractivity (Wildman–Crippen MR) is 65.9 cm³/mol. The SMILES string of the molecule is CNCC(c1nn[nH]n1)c1ccc(C)cc1C. The fourth-order valence-corrected chi connectivity index (χ4v) is 2.08. The van der Waals surface area contributed by atoms with Crippen LogP contribution < -0.4 is 5.32 Å². The van der Waals surface area contributed by atoms with Gasteiger partial charge in [-0.15, -0.1) is 10.2 Å². The Morgan fingerprint density at radius 2 is 2.18 bits per heavy atom. The molecule has 0 aliphatic heterocycles. The largest absolute Gasteiger partial charge is 0.319 e. The number of nitrogens with one attached hydrogen (secondary N) is 2. The van der Waals surface area contributed by atoms with Gasteiger partial charge in [0.25, 0.3) is 0 Å². The van der Waals surface area contributed by atoms with Crippen molar-refractivity contribution in [2.75, 3.05) is 13.6 Å². The number of aromatic amines is 1. The summed E-state index contributed by atoms with van der Waals surface area (Å²) in [4.78, 5) is 0. The third-order valence-corrected chi connectivity index (χ3v) is 2.88. The standard InChI is InChI=1S/C12H17N5/c1-8-4-5-10(9(2)6-8)11(7-13-3)12-14-16-17-15-12/h4-6,11,13H,7H2,1-3H3,(H,14,15,16,17). The number of aromatic nitrogens is 4. The van der Waals surface area contributed by atoms with Crippen LogP contribution in [0.4, 0.5) is 0 Å². The normalized spacial score (nSPS) is 12.6. The Hall–Kier alpha value is -1.75. The first-order valence-electron chi connectivity index (χ1n) is 5.67. The van der Waals surface area contributed by atoms with Crippen molar-refractivity contribution in [1.82, 2.24) is 25.9 Å². The van der Waals surface area contributed by atoms with Gasteiger partial charge in [0.2, 0.25) is 0 Å². The minimum Gasteiger partial charge on any atom is -0.319 e. The molecule has 0 spiro atoms. The summed E-state index contributed by atoms with van der Waals surface area (Å²) in [6.45, 7) is 5.01. The molecule has 0 bridgehead atoms. The van der Waals surface area contributed by atoms with Crippen LogP contribution in [0.2, 0.25) is 0 Å². The summed E-state index contributed by atoms with van der Waals surface area (Å²) in [5, 5.41) is 17.5. The molecule has 0 aliphatic carbocycles. The van der Waals surface area contributed by atoms with E-state index in [1.807, 2.05) is 7.05 Å². The molecule has 0 saturated carbocycles. The van der Waals surface area contributed by atoms with Gasteiger partial charge in [-0.1, -0.05) is 29.0 Å². The van der Waals surface area contributed by atoms with Crippen molar-refractivity contribution in [2.45, 2.75) is 19.8 Å². The first-order valence-corrected chi connectivity index (χ1v) is 5.67. The minimum absolute atomic E-state index is 0.138. The summed E-state index contributed by atoms with van der Waals surface area (Å²) in [6, 6.07) is 6.44. The summed E-state index contributed by atoms with van der Waals surface area (Å²) in [5.74, 6) is 0.866. The van der Waals surface area contributed by atoms with Gasteiger partial charge in [0.1, 0.15) is 0 Å². The van der Waals surface area contributed by atoms with E-state index in [-0.39, 0.29) is 5.92 Å². The number of tetrazole rings is 1. The van der Waals surface area contributed by atoms with Crippen molar-refractivity contribution >= 4 is 0 Å². The molecule has 0 amide bonds. The zero-order valence-corrected chi connectivity index (χ0v) is 10.4. The maximum absolute atomic E-state index is 4.09. The quantitative estimate of drug-likeness (QED) is 0.829. The molecule has 5 nitrogen and oxygen atoms in total. The van der Waals surface area contributed by atoms with E-state index in [2.05, 4.69) is 58.0 Å². The summed E-state index contributed by atoms with van der Waals surface area (Å²) >= 11 is 0. The number of hydrogen-bond acceptors (Lipinski definition) is 4. The number of H-pyrrole nitrogens is 1. The smallest absolute Gasteiger partial charge is 0.183 e. The molecule has 1 heterocycles. The van der Waals surface area contributed by atoms with Crippen LogP contribution in [0.15, 0.2) is 18.2 Å². The third kappa shape index (κ3) is 2.50. The van der Waals surface area contributed by atoms with Crippen LogP contribution in [0.3, 0.4) is 0 Å². The van der Waals surface area contributed by atoms with Gasteiger partial charge < -0.3 is 5.32 Å². The number of likely N-dealkylation sites (N-methyl/N-ethyl adjacent to an activating group) is 1. The molecule has 0 saturated heterocycles. The number of benzene rings is 1. The molecule has 5 heteroatoms. The highest BCUT2D eigenvalue weighted by molar-refractivity contribution is 5.36. The van der Waals surface area contributed by atoms with E-state index in [0.717, 1.165) is 12.4 Å². The zero-order valence-electron chi connectivity index (χ0n) is 10.4. The molecule has 0 aliphatic rings. The van der Waals surface area contributed by atoms with Crippen LogP contribution in [0.1, 0.15) is 28.4 Å². The van der Waals surface area contributed by atoms with Crippen LogP contribution in [-0.4, -0.2) is 34.2 Å². The molecule has 2 N–H and O–H groups in total. The van der Waals surface area contributed by atoms with E-state index in [1.54, 1.807) is 0 Å². The first kappa shape index (κ1) is 11.7. The van der Waals surface area contributed by atoms with Crippen LogP contribution in [0.25, 0.3) is 0 Å². The van der Waals surface area contributed by atoms with Gasteiger partial charge >= 0.3 is 0 Å². The van der Waals surface area contributed by atoms with Crippen LogP contribution >= 0.6 is 0 Å². The van der Waals surface area contributed by atoms with Crippen molar-refractivity contribution < 1.29 is 0 Å². The highest BCUT2D eigenvalue weighted by Gasteiger charge is 2.19. The second kappa shape index (κ2) is 5.05. The monoisotopic (exact) mass is 231 g/mol. The van der Waals surface area contributed by atoms with E-state index in [0.29, 0.717) is 0 Å². The lowest BCUT2D eigenvalue weighted by atomic mass is 9.93. The molecule has 2 rings (SSSR count). The lowest BCUT2D eigenvalue weighted by molar-refractivity contribution is 0.669. The van der Waals surface area contributed by atoms with E-state index in [4.69, 9.17) is 0 Å². The highest BCUT2D eigenvalue weighted by Crippen LogP contribution is 2.24. The van der Waals surface area contributed by atoms with Crippen molar-refractivity contribution in [1.29, 1.82) is 0 Å². The van der Waals surface area contributed by atoms with Gasteiger partial charge in [-0.3, -0.25) is 0 Å². The predicted octanol–water partition coefficient (Wildman–Crippen LogP) is 1.17. The lowest BCUT2D eigenvalue weighted by Gasteiger charge is -2.16. The Morgan fingerprint density at radius 3 is 2.76 bits per heavy atom. The molecule has 2 aromatic rings. The van der Waals surface area contributed by atoms with Crippen molar-refractivity contribution in [2.24, 2.45) is 0 Å². The summed E-state index contributed by atoms with van der Waals surface area (Å²) in [5.41, 5.74) is 3.77. The average molecular weight is 231 g/mol. The van der Waals surface area contributed by atoms with Gasteiger partial charge in [-0.2, -0.15) is 5.21 Å². The van der Waals surface area contributed by atoms with Crippen LogP contribution in [-0.2, 0) is 0 Å². The Bertz CT molecular complexity index is 478. The van der Waals surface area contributed by atoms with Gasteiger partial charge in [0, 0.05) is 6.54 Å². The zero-order chi connectivity index (χ0) is 12.3. The Kier molecular flexibility index (Phi) is 3.49. The molecular weight excluding hydrogens is 214 g/mol. The highest BCUT2D eigenvalue weighted by atomic mass is 15.5. The third-order valence-electron chi connectivity index (χ3n) is 2.88. The van der Waals surface area contributed by atoms with Gasteiger partial charge in [-0.25, -0.2) is 0 Å². The maximum atomic E-state index is 4.09. The molecule has 0 fully saturated rings. The maximum Gasteiger partial charge on any atom is 0.183 e. The molecule has 0 radical (unpaired) electrons. The second-order valence-corrected chi connectivity index (χ2v) is 4.24. The van der Waals surface area contributed by atoms with E-state index >= 15 is 0 Å². The van der Waals surface area contributed by atoms with Gasteiger partial charge in [0.15, 0.2) is 5.82 Å². The van der Waals surface area contributed by atoms with Crippen molar-refractivity contribution in [3.8, 4) is 0 Å². The number of hydrogen-bond donors (Lipinski definition) is 2. The summed E-state index contributed by atoms with van der Waals surface area (Å²) in [7, 11) is 1.93. The fourth-order valence-electron chi connectivity index (χ4n) is 2.08. The van der Waals surface area contributed by atoms with Crippen molar-refractivity contribution in [3.63, 3.8) is 0 Å². The second-order valence-electron chi connectivity index (χ2n) is 4.24. The van der Waals surface area contributed by atoms with Gasteiger partial charge in [0.05, 0.1) is 5.92 Å². The molecule has 1 aromatic carbocycles. The molecule has 17 heavy (non-hydrogen) atoms. The van der Waals surface area contributed by atoms with Gasteiger partial charge in [-0.05, 0) is 32.0 Å². The molecule has 1 aromatic heterocycles. The van der Waals surface area contributed by atoms with Crippen LogP contribution in [0.5, 0.6) is 0 Å². The Labute approximate surface area is 101 Å². The Balaban J connectivity index is 2.39. The van der Waals surface area contributed by atoms with E-state index < -0.39 is 0 Å². The molecule has 1 unspecified atom stereocenters. The number of nitrogens with zero attached hydrogens (tertiary/aromatic N) is 3. The van der Waals surface area contributed by atoms with Crippen LogP contribution in [0, 0.1) is 13.8 Å². The fraction of sp³-hybridized carbons (Fsp3) is 0.417. The summed E-state index contributed by atoms with van der Waals surface area (Å²) in [6.07, 6.45) is 0. The number of rotatable bonds is 4. The average Bonchev–Trinajstić information content (AvgIpc) is 2.80. The van der Waals surface area contributed by atoms with Crippen molar-refractivity contribution in [3.05, 3.63) is 40.7 Å². The minimum atomic E-state index is 0.138. The van der Waals surface area contributed by atoms with E-state index in [9.17, 15) is 0 Å². The molecule has 1 atom stereocenters. The number of aryl methyl sites for hydroxylation is 2. The Morgan fingerprint density at radius 1 is 1.35 bits per heavy atom.